The highest BCUT2D eigenvalue weighted by molar-refractivity contribution is 5.46. The van der Waals surface area contributed by atoms with E-state index >= 15 is 0 Å². The summed E-state index contributed by atoms with van der Waals surface area (Å²) >= 11 is 0. The van der Waals surface area contributed by atoms with Gasteiger partial charge < -0.3 is 9.74 Å². The van der Waals surface area contributed by atoms with E-state index in [1.54, 1.807) is 0 Å². The van der Waals surface area contributed by atoms with Gasteiger partial charge in [0.15, 0.2) is 0 Å². The molecule has 0 amide bonds. The molecule has 17 heavy (non-hydrogen) atoms. The fraction of sp³-hybridized carbons (Fsp3) is 0.462. The molecule has 1 aromatic rings. The Balaban J connectivity index is 1.87. The predicted octanol–water partition coefficient (Wildman–Crippen LogP) is 1.87. The third-order valence-corrected chi connectivity index (χ3v) is 3.09. The monoisotopic (exact) mass is 233 g/mol. The van der Waals surface area contributed by atoms with E-state index < -0.39 is 0 Å². The minimum Gasteiger partial charge on any atom is -0.369 e. The Morgan fingerprint density at radius 3 is 2.35 bits per heavy atom. The zero-order valence-corrected chi connectivity index (χ0v) is 9.77. The summed E-state index contributed by atoms with van der Waals surface area (Å²) in [6.45, 7) is 12.1. The molecule has 1 aromatic carbocycles. The van der Waals surface area contributed by atoms with Gasteiger partial charge in [-0.05, 0) is 24.3 Å². The third kappa shape index (κ3) is 3.18. The van der Waals surface area contributed by atoms with E-state index in [9.17, 15) is 4.39 Å². The Labute approximate surface area is 101 Å². The average molecular weight is 233 g/mol. The topological polar surface area (TPSA) is 10.8 Å². The van der Waals surface area contributed by atoms with Crippen molar-refractivity contribution in [2.45, 2.75) is 0 Å². The Morgan fingerprint density at radius 1 is 1.12 bits per heavy atom. The number of anilines is 1. The molecule has 1 aliphatic heterocycles. The predicted molar refractivity (Wildman–Crippen MR) is 66.5 cm³/mol. The summed E-state index contributed by atoms with van der Waals surface area (Å²) in [4.78, 5) is 7.93. The molecule has 0 aromatic heterocycles. The van der Waals surface area contributed by atoms with Crippen LogP contribution in [0.25, 0.3) is 4.85 Å². The number of halogens is 1. The van der Waals surface area contributed by atoms with Gasteiger partial charge in [-0.1, -0.05) is 0 Å². The molecule has 1 fully saturated rings. The Hall–Kier alpha value is -1.60. The molecule has 1 aliphatic rings. The second-order valence-corrected chi connectivity index (χ2v) is 4.19. The summed E-state index contributed by atoms with van der Waals surface area (Å²) < 4.78 is 12.8. The highest BCUT2D eigenvalue weighted by Gasteiger charge is 2.17. The highest BCUT2D eigenvalue weighted by atomic mass is 19.1. The molecule has 4 heteroatoms. The van der Waals surface area contributed by atoms with Crippen LogP contribution < -0.4 is 4.90 Å². The Bertz CT molecular complexity index is 388. The van der Waals surface area contributed by atoms with Crippen LogP contribution in [0.4, 0.5) is 10.1 Å². The first-order chi connectivity index (χ1) is 8.29. The van der Waals surface area contributed by atoms with Crippen LogP contribution in [0, 0.1) is 12.4 Å². The fourth-order valence-corrected chi connectivity index (χ4v) is 2.07. The lowest BCUT2D eigenvalue weighted by atomic mass is 10.2. The normalized spacial score (nSPS) is 16.8. The maximum Gasteiger partial charge on any atom is 0.227 e. The lowest BCUT2D eigenvalue weighted by Crippen LogP contribution is -2.47. The minimum absolute atomic E-state index is 0.190. The Kier molecular flexibility index (Phi) is 3.94. The van der Waals surface area contributed by atoms with Crippen LogP contribution in [0.2, 0.25) is 0 Å². The molecule has 2 rings (SSSR count). The summed E-state index contributed by atoms with van der Waals surface area (Å²) in [5.41, 5.74) is 1.08. The van der Waals surface area contributed by atoms with E-state index in [1.807, 2.05) is 12.1 Å². The molecule has 0 saturated carbocycles. The zero-order chi connectivity index (χ0) is 12.1. The first-order valence-electron chi connectivity index (χ1n) is 5.85. The van der Waals surface area contributed by atoms with Gasteiger partial charge in [-0.3, -0.25) is 4.90 Å². The van der Waals surface area contributed by atoms with Crippen molar-refractivity contribution in [1.29, 1.82) is 0 Å². The molecule has 1 saturated heterocycles. The number of benzene rings is 1. The highest BCUT2D eigenvalue weighted by Crippen LogP contribution is 2.16. The van der Waals surface area contributed by atoms with Crippen molar-refractivity contribution in [3.05, 3.63) is 41.5 Å². The van der Waals surface area contributed by atoms with E-state index in [-0.39, 0.29) is 5.82 Å². The molecule has 1 heterocycles. The maximum absolute atomic E-state index is 12.8. The minimum atomic E-state index is -0.190. The van der Waals surface area contributed by atoms with E-state index in [0.29, 0.717) is 6.54 Å². The lowest BCUT2D eigenvalue weighted by molar-refractivity contribution is 0.269. The largest absolute Gasteiger partial charge is 0.369 e. The smallest absolute Gasteiger partial charge is 0.227 e. The summed E-state index contributed by atoms with van der Waals surface area (Å²) in [5.74, 6) is -0.190. The maximum atomic E-state index is 12.8. The Morgan fingerprint density at radius 2 is 1.76 bits per heavy atom. The molecule has 3 nitrogen and oxygen atoms in total. The van der Waals surface area contributed by atoms with Gasteiger partial charge in [-0.2, -0.15) is 0 Å². The van der Waals surface area contributed by atoms with E-state index in [2.05, 4.69) is 14.6 Å². The van der Waals surface area contributed by atoms with Gasteiger partial charge >= 0.3 is 0 Å². The van der Waals surface area contributed by atoms with Crippen LogP contribution in [-0.4, -0.2) is 44.2 Å². The van der Waals surface area contributed by atoms with Gasteiger partial charge in [0.1, 0.15) is 5.82 Å². The zero-order valence-electron chi connectivity index (χ0n) is 9.77. The van der Waals surface area contributed by atoms with Crippen molar-refractivity contribution in [2.24, 2.45) is 0 Å². The molecule has 0 atom stereocenters. The number of rotatable bonds is 3. The quantitative estimate of drug-likeness (QED) is 0.738. The van der Waals surface area contributed by atoms with Crippen LogP contribution >= 0.6 is 0 Å². The van der Waals surface area contributed by atoms with Gasteiger partial charge in [0, 0.05) is 31.9 Å². The van der Waals surface area contributed by atoms with E-state index in [1.165, 1.54) is 12.1 Å². The molecule has 0 unspecified atom stereocenters. The van der Waals surface area contributed by atoms with Crippen LogP contribution in [0.1, 0.15) is 0 Å². The van der Waals surface area contributed by atoms with Crippen molar-refractivity contribution < 1.29 is 4.39 Å². The van der Waals surface area contributed by atoms with E-state index in [4.69, 9.17) is 6.57 Å². The lowest BCUT2D eigenvalue weighted by Gasteiger charge is -2.35. The molecule has 0 spiro atoms. The van der Waals surface area contributed by atoms with Gasteiger partial charge in [0.2, 0.25) is 6.54 Å². The van der Waals surface area contributed by atoms with Crippen LogP contribution in [0.5, 0.6) is 0 Å². The molecule has 0 aliphatic carbocycles. The summed E-state index contributed by atoms with van der Waals surface area (Å²) in [6, 6.07) is 6.65. The van der Waals surface area contributed by atoms with Gasteiger partial charge in [0.25, 0.3) is 0 Å². The average Bonchev–Trinajstić information content (AvgIpc) is 2.38. The van der Waals surface area contributed by atoms with Crippen LogP contribution in [-0.2, 0) is 0 Å². The van der Waals surface area contributed by atoms with Crippen LogP contribution in [0.3, 0.4) is 0 Å². The number of hydrogen-bond acceptors (Lipinski definition) is 2. The second kappa shape index (κ2) is 5.65. The number of nitrogens with zero attached hydrogens (tertiary/aromatic N) is 3. The van der Waals surface area contributed by atoms with Gasteiger partial charge in [-0.15, -0.1) is 0 Å². The van der Waals surface area contributed by atoms with Crippen molar-refractivity contribution in [1.82, 2.24) is 4.90 Å². The summed E-state index contributed by atoms with van der Waals surface area (Å²) in [6.07, 6.45) is 0. The molecule has 90 valence electrons. The number of hydrogen-bond donors (Lipinski definition) is 0. The number of piperazine rings is 1. The van der Waals surface area contributed by atoms with Gasteiger partial charge in [-0.25, -0.2) is 11.0 Å². The second-order valence-electron chi connectivity index (χ2n) is 4.19. The fourth-order valence-electron chi connectivity index (χ4n) is 2.07. The molecular weight excluding hydrogens is 217 g/mol. The van der Waals surface area contributed by atoms with Crippen molar-refractivity contribution in [3.8, 4) is 0 Å². The summed E-state index contributed by atoms with van der Waals surface area (Å²) in [7, 11) is 0. The van der Waals surface area contributed by atoms with Crippen molar-refractivity contribution in [2.75, 3.05) is 44.2 Å². The van der Waals surface area contributed by atoms with E-state index in [0.717, 1.165) is 38.4 Å². The summed E-state index contributed by atoms with van der Waals surface area (Å²) in [5, 5.41) is 0. The first kappa shape index (κ1) is 11.9. The molecule has 0 N–H and O–H groups in total. The molecule has 0 radical (unpaired) electrons. The first-order valence-corrected chi connectivity index (χ1v) is 5.85. The SMILES string of the molecule is [C-]#[N+]CCN1CCN(c2ccc(F)cc2)CC1. The molecular formula is C13H16FN3. The van der Waals surface area contributed by atoms with Gasteiger partial charge in [0.05, 0.1) is 6.54 Å². The van der Waals surface area contributed by atoms with Crippen LogP contribution in [0.15, 0.2) is 24.3 Å². The van der Waals surface area contributed by atoms with Crippen molar-refractivity contribution >= 4 is 5.69 Å². The third-order valence-electron chi connectivity index (χ3n) is 3.09. The standard InChI is InChI=1S/C13H16FN3/c1-15-6-7-16-8-10-17(11-9-16)13-4-2-12(14)3-5-13/h2-5H,6-11H2. The van der Waals surface area contributed by atoms with Crippen molar-refractivity contribution in [3.63, 3.8) is 0 Å². The molecule has 0 bridgehead atoms.